The first kappa shape index (κ1) is 9.97. The largest absolute Gasteiger partial charge is 0.359 e. The third kappa shape index (κ3) is 1.65. The normalized spacial score (nSPS) is 26.9. The third-order valence-corrected chi connectivity index (χ3v) is 3.70. The number of hydrogen-bond donors (Lipinski definition) is 1. The molecule has 0 bridgehead atoms. The van der Waals surface area contributed by atoms with Gasteiger partial charge in [-0.15, -0.1) is 0 Å². The van der Waals surface area contributed by atoms with Gasteiger partial charge >= 0.3 is 0 Å². The molecule has 82 valence electrons. The lowest BCUT2D eigenvalue weighted by Crippen LogP contribution is -2.34. The van der Waals surface area contributed by atoms with Crippen LogP contribution >= 0.6 is 15.9 Å². The fourth-order valence-electron chi connectivity index (χ4n) is 2.15. The SMILES string of the molecule is BrC1=CC=CN2C=C(C3=CC=CCC3)NC12. The Bertz CT molecular complexity index is 455. The summed E-state index contributed by atoms with van der Waals surface area (Å²) in [6.45, 7) is 0. The van der Waals surface area contributed by atoms with Gasteiger partial charge < -0.3 is 10.2 Å². The van der Waals surface area contributed by atoms with E-state index in [0.717, 1.165) is 12.8 Å². The zero-order valence-corrected chi connectivity index (χ0v) is 10.4. The summed E-state index contributed by atoms with van der Waals surface area (Å²) >= 11 is 3.59. The van der Waals surface area contributed by atoms with Crippen molar-refractivity contribution in [1.29, 1.82) is 0 Å². The van der Waals surface area contributed by atoms with Crippen LogP contribution in [0, 0.1) is 0 Å². The molecule has 3 rings (SSSR count). The molecule has 0 radical (unpaired) electrons. The average molecular weight is 277 g/mol. The van der Waals surface area contributed by atoms with Crippen LogP contribution in [0.5, 0.6) is 0 Å². The van der Waals surface area contributed by atoms with Gasteiger partial charge in [-0.2, -0.15) is 0 Å². The number of fused-ring (bicyclic) bond motifs is 1. The molecule has 1 N–H and O–H groups in total. The van der Waals surface area contributed by atoms with E-state index in [1.165, 1.54) is 15.8 Å². The first-order valence-corrected chi connectivity index (χ1v) is 6.30. The summed E-state index contributed by atoms with van der Waals surface area (Å²) in [5, 5.41) is 3.53. The van der Waals surface area contributed by atoms with E-state index in [2.05, 4.69) is 68.9 Å². The molecule has 0 aromatic rings. The molecule has 0 aromatic heterocycles. The van der Waals surface area contributed by atoms with E-state index in [9.17, 15) is 0 Å². The highest BCUT2D eigenvalue weighted by Gasteiger charge is 2.27. The molecule has 0 saturated heterocycles. The molecule has 1 atom stereocenters. The molecule has 2 heterocycles. The predicted octanol–water partition coefficient (Wildman–Crippen LogP) is 3.14. The van der Waals surface area contributed by atoms with Crippen LogP contribution in [0.15, 0.2) is 58.5 Å². The average Bonchev–Trinajstić information content (AvgIpc) is 2.76. The van der Waals surface area contributed by atoms with Crippen LogP contribution < -0.4 is 5.32 Å². The van der Waals surface area contributed by atoms with Gasteiger partial charge in [-0.1, -0.05) is 34.2 Å². The summed E-state index contributed by atoms with van der Waals surface area (Å²) in [4.78, 5) is 2.19. The third-order valence-electron chi connectivity index (χ3n) is 3.00. The molecule has 3 aliphatic rings. The number of nitrogens with zero attached hydrogens (tertiary/aromatic N) is 1. The van der Waals surface area contributed by atoms with Gasteiger partial charge in [0.15, 0.2) is 0 Å². The van der Waals surface area contributed by atoms with Crippen LogP contribution in [0.3, 0.4) is 0 Å². The minimum absolute atomic E-state index is 0.242. The summed E-state index contributed by atoms with van der Waals surface area (Å²) in [5.41, 5.74) is 2.64. The Morgan fingerprint density at radius 1 is 1.31 bits per heavy atom. The standard InChI is InChI=1S/C13H13BrN2/c14-11-7-4-8-16-9-12(15-13(11)16)10-5-2-1-3-6-10/h1-2,4-5,7-9,13,15H,3,6H2. The molecular weight excluding hydrogens is 264 g/mol. The van der Waals surface area contributed by atoms with E-state index in [1.807, 2.05) is 0 Å². The van der Waals surface area contributed by atoms with E-state index >= 15 is 0 Å². The van der Waals surface area contributed by atoms with Crippen LogP contribution in [0.4, 0.5) is 0 Å². The molecule has 0 spiro atoms. The van der Waals surface area contributed by atoms with Crippen LogP contribution in [0.1, 0.15) is 12.8 Å². The van der Waals surface area contributed by atoms with Crippen molar-refractivity contribution in [3.05, 3.63) is 58.5 Å². The fraction of sp³-hybridized carbons (Fsp3) is 0.231. The molecular formula is C13H13BrN2. The first-order chi connectivity index (χ1) is 7.84. The van der Waals surface area contributed by atoms with E-state index in [0.29, 0.717) is 0 Å². The van der Waals surface area contributed by atoms with Crippen molar-refractivity contribution in [2.45, 2.75) is 19.0 Å². The molecule has 1 aliphatic carbocycles. The van der Waals surface area contributed by atoms with Gasteiger partial charge in [-0.25, -0.2) is 0 Å². The van der Waals surface area contributed by atoms with Gasteiger partial charge in [0.25, 0.3) is 0 Å². The lowest BCUT2D eigenvalue weighted by Gasteiger charge is -2.24. The predicted molar refractivity (Wildman–Crippen MR) is 69.5 cm³/mol. The van der Waals surface area contributed by atoms with Crippen LogP contribution in [0.2, 0.25) is 0 Å². The Labute approximate surface area is 104 Å². The van der Waals surface area contributed by atoms with Crippen molar-refractivity contribution in [3.63, 3.8) is 0 Å². The maximum absolute atomic E-state index is 3.59. The van der Waals surface area contributed by atoms with Gasteiger partial charge in [-0.3, -0.25) is 0 Å². The second-order valence-electron chi connectivity index (χ2n) is 4.09. The van der Waals surface area contributed by atoms with Crippen molar-refractivity contribution in [3.8, 4) is 0 Å². The van der Waals surface area contributed by atoms with Crippen LogP contribution in [-0.2, 0) is 0 Å². The molecule has 16 heavy (non-hydrogen) atoms. The second kappa shape index (κ2) is 3.98. The fourth-order valence-corrected chi connectivity index (χ4v) is 2.65. The highest BCUT2D eigenvalue weighted by Crippen LogP contribution is 2.30. The van der Waals surface area contributed by atoms with Crippen LogP contribution in [-0.4, -0.2) is 11.1 Å². The number of allylic oxidation sites excluding steroid dienone is 6. The second-order valence-corrected chi connectivity index (χ2v) is 5.00. The zero-order valence-electron chi connectivity index (χ0n) is 8.86. The summed E-state index contributed by atoms with van der Waals surface area (Å²) < 4.78 is 1.17. The maximum atomic E-state index is 3.59. The van der Waals surface area contributed by atoms with E-state index in [1.54, 1.807) is 0 Å². The van der Waals surface area contributed by atoms with E-state index < -0.39 is 0 Å². The molecule has 1 unspecified atom stereocenters. The van der Waals surface area contributed by atoms with E-state index in [-0.39, 0.29) is 6.17 Å². The summed E-state index contributed by atoms with van der Waals surface area (Å²) in [6, 6.07) is 0. The van der Waals surface area contributed by atoms with Crippen molar-refractivity contribution in [1.82, 2.24) is 10.2 Å². The van der Waals surface area contributed by atoms with E-state index in [4.69, 9.17) is 0 Å². The Kier molecular flexibility index (Phi) is 2.48. The first-order valence-electron chi connectivity index (χ1n) is 5.50. The van der Waals surface area contributed by atoms with Crippen molar-refractivity contribution >= 4 is 15.9 Å². The van der Waals surface area contributed by atoms with Gasteiger partial charge in [0.1, 0.15) is 6.17 Å². The van der Waals surface area contributed by atoms with Gasteiger partial charge in [-0.05, 0) is 30.6 Å². The molecule has 0 amide bonds. The molecule has 3 heteroatoms. The smallest absolute Gasteiger partial charge is 0.136 e. The summed E-state index contributed by atoms with van der Waals surface area (Å²) in [5.74, 6) is 0. The molecule has 2 aliphatic heterocycles. The lowest BCUT2D eigenvalue weighted by molar-refractivity contribution is 0.420. The molecule has 0 fully saturated rings. The maximum Gasteiger partial charge on any atom is 0.136 e. The Balaban J connectivity index is 1.85. The highest BCUT2D eigenvalue weighted by molar-refractivity contribution is 9.11. The number of hydrogen-bond acceptors (Lipinski definition) is 2. The minimum Gasteiger partial charge on any atom is -0.359 e. The lowest BCUT2D eigenvalue weighted by atomic mass is 10.0. The monoisotopic (exact) mass is 276 g/mol. The highest BCUT2D eigenvalue weighted by atomic mass is 79.9. The number of rotatable bonds is 1. The topological polar surface area (TPSA) is 15.3 Å². The van der Waals surface area contributed by atoms with Crippen molar-refractivity contribution in [2.24, 2.45) is 0 Å². The number of halogens is 1. The Morgan fingerprint density at radius 2 is 2.25 bits per heavy atom. The summed E-state index contributed by atoms with van der Waals surface area (Å²) in [7, 11) is 0. The number of nitrogens with one attached hydrogen (secondary N) is 1. The Morgan fingerprint density at radius 3 is 3.00 bits per heavy atom. The summed E-state index contributed by atoms with van der Waals surface area (Å²) in [6.07, 6.45) is 17.5. The van der Waals surface area contributed by atoms with Crippen molar-refractivity contribution in [2.75, 3.05) is 0 Å². The molecule has 0 saturated carbocycles. The zero-order chi connectivity index (χ0) is 11.0. The molecule has 0 aromatic carbocycles. The van der Waals surface area contributed by atoms with Gasteiger partial charge in [0, 0.05) is 16.9 Å². The minimum atomic E-state index is 0.242. The van der Waals surface area contributed by atoms with Gasteiger partial charge in [0.05, 0.1) is 5.70 Å². The molecule has 2 nitrogen and oxygen atoms in total. The van der Waals surface area contributed by atoms with Crippen LogP contribution in [0.25, 0.3) is 0 Å². The quantitative estimate of drug-likeness (QED) is 0.792. The Hall–Kier alpha value is -1.22. The van der Waals surface area contributed by atoms with Gasteiger partial charge in [0.2, 0.25) is 0 Å². The van der Waals surface area contributed by atoms with Crippen molar-refractivity contribution < 1.29 is 0 Å².